The van der Waals surface area contributed by atoms with E-state index in [2.05, 4.69) is 35.7 Å². The number of hydrogen-bond donors (Lipinski definition) is 2. The molecule has 0 amide bonds. The summed E-state index contributed by atoms with van der Waals surface area (Å²) in [6.07, 6.45) is 0. The molecule has 3 N–H and O–H groups in total. The molecule has 0 aliphatic rings. The molecule has 36 heavy (non-hydrogen) atoms. The topological polar surface area (TPSA) is 85.4 Å². The minimum absolute atomic E-state index is 0.00194. The van der Waals surface area contributed by atoms with Gasteiger partial charge in [0.25, 0.3) is 0 Å². The Balaban J connectivity index is 1.75. The second-order valence-electron chi connectivity index (χ2n) is 9.83. The van der Waals surface area contributed by atoms with Crippen LogP contribution in [0.4, 0.5) is 19.1 Å². The highest BCUT2D eigenvalue weighted by molar-refractivity contribution is 5.84. The van der Waals surface area contributed by atoms with Crippen molar-refractivity contribution in [3.8, 4) is 34.0 Å². The molecular weight excluding hydrogens is 465 g/mol. The largest absolute Gasteiger partial charge is 0.369 e. The van der Waals surface area contributed by atoms with Crippen molar-refractivity contribution >= 4 is 17.1 Å². The van der Waals surface area contributed by atoms with Crippen molar-refractivity contribution in [1.82, 2.24) is 24.5 Å². The number of benzene rings is 2. The van der Waals surface area contributed by atoms with Crippen molar-refractivity contribution in [3.05, 3.63) is 72.0 Å². The summed E-state index contributed by atoms with van der Waals surface area (Å²) in [6.45, 7) is 8.35. The van der Waals surface area contributed by atoms with Crippen LogP contribution < -0.4 is 5.73 Å². The van der Waals surface area contributed by atoms with E-state index in [9.17, 15) is 13.2 Å². The van der Waals surface area contributed by atoms with Gasteiger partial charge in [0.05, 0.1) is 22.6 Å². The number of aromatic nitrogens is 5. The van der Waals surface area contributed by atoms with Crippen LogP contribution in [-0.2, 0) is 0 Å². The summed E-state index contributed by atoms with van der Waals surface area (Å²) < 4.78 is 44.7. The normalized spacial score (nSPS) is 12.9. The fourth-order valence-electron chi connectivity index (χ4n) is 4.12. The molecule has 0 spiro atoms. The Morgan fingerprint density at radius 1 is 0.889 bits per heavy atom. The lowest BCUT2D eigenvalue weighted by molar-refractivity contribution is 0.269. The van der Waals surface area contributed by atoms with Crippen molar-refractivity contribution in [3.63, 3.8) is 0 Å². The Bertz CT molecular complexity index is 1560. The zero-order valence-corrected chi connectivity index (χ0v) is 20.3. The van der Waals surface area contributed by atoms with E-state index in [0.29, 0.717) is 39.8 Å². The number of halogens is 3. The molecule has 184 valence electrons. The molecule has 0 fully saturated rings. The molecule has 0 saturated carbocycles. The molecular formula is C27H25F3N6. The molecule has 5 rings (SSSR count). The van der Waals surface area contributed by atoms with Gasteiger partial charge in [0.2, 0.25) is 5.95 Å². The first-order valence-electron chi connectivity index (χ1n) is 11.5. The van der Waals surface area contributed by atoms with E-state index in [-0.39, 0.29) is 22.8 Å². The molecule has 6 nitrogen and oxygen atoms in total. The van der Waals surface area contributed by atoms with E-state index >= 15 is 0 Å². The van der Waals surface area contributed by atoms with E-state index in [1.807, 2.05) is 11.5 Å². The lowest BCUT2D eigenvalue weighted by atomic mass is 9.88. The summed E-state index contributed by atoms with van der Waals surface area (Å²) in [7, 11) is 0. The van der Waals surface area contributed by atoms with Crippen LogP contribution in [0.2, 0.25) is 0 Å². The van der Waals surface area contributed by atoms with Gasteiger partial charge in [0.1, 0.15) is 28.8 Å². The number of H-pyrrole nitrogens is 1. The Morgan fingerprint density at radius 3 is 2.19 bits per heavy atom. The number of nitrogens with two attached hydrogens (primary N) is 1. The molecule has 3 heterocycles. The van der Waals surface area contributed by atoms with E-state index in [1.54, 1.807) is 24.3 Å². The first kappa shape index (κ1) is 23.6. The van der Waals surface area contributed by atoms with Gasteiger partial charge in [-0.2, -0.15) is 0 Å². The maximum Gasteiger partial charge on any atom is 0.202 e. The van der Waals surface area contributed by atoms with Gasteiger partial charge in [-0.1, -0.05) is 26.8 Å². The highest BCUT2D eigenvalue weighted by Gasteiger charge is 2.27. The SMILES string of the molecule is C[C@@H](n1c(N)nc2ccc(-c3[nH]c(-c4c(F)cccc4F)nc3-c3ccc(F)cc3)nc21)C(C)(C)C. The minimum Gasteiger partial charge on any atom is -0.369 e. The lowest BCUT2D eigenvalue weighted by Crippen LogP contribution is -2.23. The zero-order valence-electron chi connectivity index (χ0n) is 20.3. The van der Waals surface area contributed by atoms with Crippen molar-refractivity contribution in [2.75, 3.05) is 5.73 Å². The molecule has 9 heteroatoms. The molecule has 0 radical (unpaired) electrons. The first-order valence-corrected chi connectivity index (χ1v) is 11.5. The predicted octanol–water partition coefficient (Wildman–Crippen LogP) is 6.76. The number of imidazole rings is 2. The number of hydrogen-bond acceptors (Lipinski definition) is 4. The molecule has 3 aromatic heterocycles. The van der Waals surface area contributed by atoms with E-state index in [0.717, 1.165) is 12.1 Å². The van der Waals surface area contributed by atoms with Gasteiger partial charge >= 0.3 is 0 Å². The third-order valence-corrected chi connectivity index (χ3v) is 6.48. The van der Waals surface area contributed by atoms with Gasteiger partial charge in [-0.25, -0.2) is 28.1 Å². The maximum atomic E-state index is 14.6. The van der Waals surface area contributed by atoms with Crippen molar-refractivity contribution < 1.29 is 13.2 Å². The van der Waals surface area contributed by atoms with Crippen LogP contribution in [0.15, 0.2) is 54.6 Å². The van der Waals surface area contributed by atoms with Crippen molar-refractivity contribution in [1.29, 1.82) is 0 Å². The number of fused-ring (bicyclic) bond motifs is 1. The second-order valence-corrected chi connectivity index (χ2v) is 9.83. The molecule has 0 saturated heterocycles. The van der Waals surface area contributed by atoms with Gasteiger partial charge in [-0.15, -0.1) is 0 Å². The summed E-state index contributed by atoms with van der Waals surface area (Å²) in [6, 6.07) is 12.8. The van der Waals surface area contributed by atoms with E-state index < -0.39 is 17.5 Å². The third-order valence-electron chi connectivity index (χ3n) is 6.48. The highest BCUT2D eigenvalue weighted by atomic mass is 19.1. The summed E-state index contributed by atoms with van der Waals surface area (Å²) in [5, 5.41) is 0. The molecule has 0 unspecified atom stereocenters. The molecule has 0 aliphatic carbocycles. The fourth-order valence-corrected chi connectivity index (χ4v) is 4.12. The van der Waals surface area contributed by atoms with Crippen molar-refractivity contribution in [2.45, 2.75) is 33.7 Å². The van der Waals surface area contributed by atoms with Gasteiger partial charge in [-0.3, -0.25) is 4.57 Å². The standard InChI is InChI=1S/C27H25F3N6/c1-14(27(2,3)4)36-25-20(33-26(36)31)13-12-19(32-25)23-22(15-8-10-16(28)11-9-15)34-24(35-23)21-17(29)6-5-7-18(21)30/h5-14H,1-4H3,(H2,31,33)(H,34,35)/t14-/m1/s1. The Morgan fingerprint density at radius 2 is 1.56 bits per heavy atom. The quantitative estimate of drug-likeness (QED) is 0.291. The molecule has 5 aromatic rings. The number of nitrogens with one attached hydrogen (secondary N) is 1. The first-order chi connectivity index (χ1) is 17.0. The number of nitrogen functional groups attached to an aromatic ring is 1. The minimum atomic E-state index is -0.755. The summed E-state index contributed by atoms with van der Waals surface area (Å²) >= 11 is 0. The molecule has 2 aromatic carbocycles. The van der Waals surface area contributed by atoms with Crippen LogP contribution in [-0.4, -0.2) is 24.5 Å². The average Bonchev–Trinajstić information content (AvgIpc) is 3.38. The van der Waals surface area contributed by atoms with Gasteiger partial charge in [-0.05, 0) is 60.9 Å². The number of aromatic amines is 1. The van der Waals surface area contributed by atoms with Crippen LogP contribution in [0, 0.1) is 22.9 Å². The fraction of sp³-hybridized carbons (Fsp3) is 0.222. The van der Waals surface area contributed by atoms with E-state index in [4.69, 9.17) is 10.7 Å². The number of anilines is 1. The Hall–Kier alpha value is -4.14. The number of nitrogens with zero attached hydrogens (tertiary/aromatic N) is 4. The van der Waals surface area contributed by atoms with Gasteiger partial charge < -0.3 is 10.7 Å². The predicted molar refractivity (Wildman–Crippen MR) is 134 cm³/mol. The maximum absolute atomic E-state index is 14.6. The smallest absolute Gasteiger partial charge is 0.202 e. The monoisotopic (exact) mass is 490 g/mol. The van der Waals surface area contributed by atoms with Crippen LogP contribution in [0.5, 0.6) is 0 Å². The number of rotatable bonds is 4. The van der Waals surface area contributed by atoms with Gasteiger partial charge in [0, 0.05) is 11.6 Å². The van der Waals surface area contributed by atoms with Crippen LogP contribution in [0.1, 0.15) is 33.7 Å². The third kappa shape index (κ3) is 4.00. The lowest BCUT2D eigenvalue weighted by Gasteiger charge is -2.29. The number of pyridine rings is 1. The summed E-state index contributed by atoms with van der Waals surface area (Å²) in [5.74, 6) is -1.58. The van der Waals surface area contributed by atoms with Gasteiger partial charge in [0.15, 0.2) is 5.65 Å². The Labute approximate surface area is 206 Å². The molecule has 0 bridgehead atoms. The average molecular weight is 491 g/mol. The van der Waals surface area contributed by atoms with Crippen molar-refractivity contribution in [2.24, 2.45) is 5.41 Å². The van der Waals surface area contributed by atoms with Crippen LogP contribution in [0.3, 0.4) is 0 Å². The summed E-state index contributed by atoms with van der Waals surface area (Å²) in [5.41, 5.74) is 8.88. The summed E-state index contributed by atoms with van der Waals surface area (Å²) in [4.78, 5) is 16.9. The molecule has 0 aliphatic heterocycles. The Kier molecular flexibility index (Phi) is 5.58. The zero-order chi connectivity index (χ0) is 25.8. The molecule has 1 atom stereocenters. The second kappa shape index (κ2) is 8.51. The van der Waals surface area contributed by atoms with E-state index in [1.165, 1.54) is 18.2 Å². The van der Waals surface area contributed by atoms with Crippen LogP contribution in [0.25, 0.3) is 45.2 Å². The highest BCUT2D eigenvalue weighted by Crippen LogP contribution is 2.37. The van der Waals surface area contributed by atoms with Crippen LogP contribution >= 0.6 is 0 Å².